The summed E-state index contributed by atoms with van der Waals surface area (Å²) in [6.07, 6.45) is 3.92. The number of hydrogen-bond acceptors (Lipinski definition) is 6. The van der Waals surface area contributed by atoms with E-state index in [1.54, 1.807) is 37.6 Å². The van der Waals surface area contributed by atoms with Gasteiger partial charge in [0.15, 0.2) is 5.72 Å². The highest BCUT2D eigenvalue weighted by molar-refractivity contribution is 5.84. The second-order valence-electron chi connectivity index (χ2n) is 7.60. The van der Waals surface area contributed by atoms with Crippen LogP contribution in [0.3, 0.4) is 0 Å². The number of aliphatic hydroxyl groups is 3. The van der Waals surface area contributed by atoms with E-state index in [0.29, 0.717) is 48.0 Å². The predicted octanol–water partition coefficient (Wildman–Crippen LogP) is 1.82. The Morgan fingerprint density at radius 1 is 1.35 bits per heavy atom. The highest BCUT2D eigenvalue weighted by Gasteiger charge is 2.60. The van der Waals surface area contributed by atoms with Crippen LogP contribution < -0.4 is 4.74 Å². The Morgan fingerprint density at radius 3 is 2.81 bits per heavy atom. The number of rotatable bonds is 4. The zero-order valence-electron chi connectivity index (χ0n) is 15.2. The Kier molecular flexibility index (Phi) is 4.19. The Balaban J connectivity index is 1.81. The van der Waals surface area contributed by atoms with Gasteiger partial charge in [-0.3, -0.25) is 9.88 Å². The third-order valence-corrected chi connectivity index (χ3v) is 6.37. The summed E-state index contributed by atoms with van der Waals surface area (Å²) >= 11 is 0. The Bertz CT molecular complexity index is 825. The van der Waals surface area contributed by atoms with Crippen LogP contribution in [0.15, 0.2) is 30.5 Å². The number of benzene rings is 1. The van der Waals surface area contributed by atoms with Crippen LogP contribution in [0.1, 0.15) is 31.7 Å². The molecule has 3 N–H and O–H groups in total. The van der Waals surface area contributed by atoms with Gasteiger partial charge in [-0.05, 0) is 48.9 Å². The molecule has 0 aliphatic carbocycles. The molecule has 0 amide bonds. The van der Waals surface area contributed by atoms with E-state index in [1.165, 1.54) is 0 Å². The lowest BCUT2D eigenvalue weighted by Crippen LogP contribution is -2.70. The topological polar surface area (TPSA) is 86.1 Å². The van der Waals surface area contributed by atoms with Gasteiger partial charge in [0, 0.05) is 30.2 Å². The lowest BCUT2D eigenvalue weighted by molar-refractivity contribution is -0.362. The second-order valence-corrected chi connectivity index (χ2v) is 7.60. The van der Waals surface area contributed by atoms with Crippen LogP contribution in [-0.2, 0) is 5.79 Å². The van der Waals surface area contributed by atoms with E-state index in [0.717, 1.165) is 12.8 Å². The minimum absolute atomic E-state index is 0.254. The largest absolute Gasteiger partial charge is 0.497 e. The number of nitrogens with zero attached hydrogens (tertiary/aromatic N) is 2. The summed E-state index contributed by atoms with van der Waals surface area (Å²) in [4.78, 5) is 6.14. The molecule has 5 rings (SSSR count). The molecule has 0 saturated carbocycles. The number of fused-ring (bicyclic) bond motifs is 4. The Labute approximate surface area is 153 Å². The molecule has 6 nitrogen and oxygen atoms in total. The van der Waals surface area contributed by atoms with E-state index in [-0.39, 0.29) is 5.56 Å². The monoisotopic (exact) mass is 358 g/mol. The van der Waals surface area contributed by atoms with Gasteiger partial charge < -0.3 is 20.1 Å². The fourth-order valence-electron chi connectivity index (χ4n) is 4.78. The van der Waals surface area contributed by atoms with Crippen molar-refractivity contribution in [2.24, 2.45) is 11.8 Å². The first kappa shape index (κ1) is 17.7. The van der Waals surface area contributed by atoms with Crippen LogP contribution >= 0.6 is 0 Å². The quantitative estimate of drug-likeness (QED) is 0.723. The van der Waals surface area contributed by atoms with Crippen molar-refractivity contribution in [3.05, 3.63) is 36.0 Å². The summed E-state index contributed by atoms with van der Waals surface area (Å²) in [7, 11) is 1.56. The van der Waals surface area contributed by atoms with E-state index >= 15 is 0 Å². The Hall–Kier alpha value is -1.73. The van der Waals surface area contributed by atoms with E-state index in [2.05, 4.69) is 11.9 Å². The van der Waals surface area contributed by atoms with Crippen molar-refractivity contribution in [2.75, 3.05) is 20.2 Å². The van der Waals surface area contributed by atoms with E-state index in [9.17, 15) is 15.3 Å². The maximum atomic E-state index is 11.4. The molecule has 2 bridgehead atoms. The lowest BCUT2D eigenvalue weighted by atomic mass is 9.69. The zero-order chi connectivity index (χ0) is 18.5. The van der Waals surface area contributed by atoms with Gasteiger partial charge in [0.05, 0.1) is 12.6 Å². The Morgan fingerprint density at radius 2 is 2.15 bits per heavy atom. The fourth-order valence-corrected chi connectivity index (χ4v) is 4.78. The van der Waals surface area contributed by atoms with Crippen LogP contribution in [0, 0.1) is 11.8 Å². The smallest absolute Gasteiger partial charge is 0.234 e. The van der Waals surface area contributed by atoms with Crippen LogP contribution in [0.2, 0.25) is 0 Å². The number of hydrogen-bond donors (Lipinski definition) is 3. The number of ether oxygens (including phenoxy) is 1. The van der Waals surface area contributed by atoms with Gasteiger partial charge >= 0.3 is 0 Å². The molecule has 0 radical (unpaired) electrons. The molecule has 0 spiro atoms. The normalized spacial score (nSPS) is 31.3. The average molecular weight is 358 g/mol. The molecule has 1 aromatic carbocycles. The van der Waals surface area contributed by atoms with Crippen molar-refractivity contribution >= 4 is 10.9 Å². The highest BCUT2D eigenvalue weighted by Crippen LogP contribution is 2.49. The molecule has 3 aliphatic heterocycles. The van der Waals surface area contributed by atoms with Crippen molar-refractivity contribution < 1.29 is 20.1 Å². The van der Waals surface area contributed by atoms with E-state index in [1.807, 2.05) is 4.90 Å². The molecular weight excluding hydrogens is 332 g/mol. The number of methoxy groups -OCH3 is 1. The molecule has 140 valence electrons. The van der Waals surface area contributed by atoms with Crippen molar-refractivity contribution in [1.29, 1.82) is 0 Å². The van der Waals surface area contributed by atoms with Gasteiger partial charge in [-0.2, -0.15) is 0 Å². The van der Waals surface area contributed by atoms with Gasteiger partial charge in [0.2, 0.25) is 5.79 Å². The molecular formula is C20H26N2O4. The lowest BCUT2D eigenvalue weighted by Gasteiger charge is -2.58. The first-order chi connectivity index (χ1) is 12.4. The van der Waals surface area contributed by atoms with Gasteiger partial charge in [-0.1, -0.05) is 13.3 Å². The van der Waals surface area contributed by atoms with Crippen molar-refractivity contribution in [1.82, 2.24) is 9.88 Å². The molecule has 1 aromatic heterocycles. The van der Waals surface area contributed by atoms with Gasteiger partial charge in [0.25, 0.3) is 0 Å². The highest BCUT2D eigenvalue weighted by atomic mass is 16.5. The summed E-state index contributed by atoms with van der Waals surface area (Å²) in [6.45, 7) is 3.51. The molecule has 2 aromatic rings. The third kappa shape index (κ3) is 2.44. The summed E-state index contributed by atoms with van der Waals surface area (Å²) in [5.74, 6) is -1.01. The zero-order valence-corrected chi connectivity index (χ0v) is 15.2. The fraction of sp³-hybridized carbons (Fsp3) is 0.550. The standard InChI is InChI=1S/C20H26N2O4/c1-3-13-12-22-9-7-14(13)11-19(22,23)20(24,25)17-6-8-21-18-5-4-15(26-2)10-16(17)18/h4-6,8,10,13-14,23-25H,3,7,9,11-12H2,1-2H3/t13-,14-,19-/m0/s1. The van der Waals surface area contributed by atoms with Crippen molar-refractivity contribution in [3.63, 3.8) is 0 Å². The SMILES string of the molecule is CC[C@H]1CN2CC[C@H]1C[C@]2(O)C(O)(O)c1ccnc2ccc(OC)cc12. The number of piperidine rings is 3. The first-order valence-electron chi connectivity index (χ1n) is 9.26. The van der Waals surface area contributed by atoms with Gasteiger partial charge in [-0.15, -0.1) is 0 Å². The maximum Gasteiger partial charge on any atom is 0.234 e. The second kappa shape index (κ2) is 6.16. The van der Waals surface area contributed by atoms with Crippen LogP contribution in [-0.4, -0.2) is 51.1 Å². The summed E-state index contributed by atoms with van der Waals surface area (Å²) in [5, 5.41) is 34.4. The molecule has 6 heteroatoms. The average Bonchev–Trinajstić information content (AvgIpc) is 2.67. The van der Waals surface area contributed by atoms with Gasteiger partial charge in [0.1, 0.15) is 5.75 Å². The van der Waals surface area contributed by atoms with Crippen LogP contribution in [0.5, 0.6) is 5.75 Å². The maximum absolute atomic E-state index is 11.4. The minimum atomic E-state index is -2.40. The summed E-state index contributed by atoms with van der Waals surface area (Å²) in [6, 6.07) is 6.86. The van der Waals surface area contributed by atoms with E-state index < -0.39 is 11.5 Å². The van der Waals surface area contributed by atoms with Crippen molar-refractivity contribution in [2.45, 2.75) is 37.7 Å². The van der Waals surface area contributed by atoms with Crippen molar-refractivity contribution in [3.8, 4) is 5.75 Å². The van der Waals surface area contributed by atoms with Gasteiger partial charge in [-0.25, -0.2) is 0 Å². The minimum Gasteiger partial charge on any atom is -0.497 e. The molecule has 26 heavy (non-hydrogen) atoms. The van der Waals surface area contributed by atoms with Crippen LogP contribution in [0.4, 0.5) is 0 Å². The third-order valence-electron chi connectivity index (χ3n) is 6.37. The molecule has 3 fully saturated rings. The first-order valence-corrected chi connectivity index (χ1v) is 9.26. The van der Waals surface area contributed by atoms with E-state index in [4.69, 9.17) is 4.74 Å². The number of aromatic nitrogens is 1. The number of pyridine rings is 1. The molecule has 4 atom stereocenters. The molecule has 3 aliphatic rings. The molecule has 1 unspecified atom stereocenters. The predicted molar refractivity (Wildman–Crippen MR) is 97.4 cm³/mol. The molecule has 4 heterocycles. The molecule has 3 saturated heterocycles. The summed E-state index contributed by atoms with van der Waals surface area (Å²) < 4.78 is 5.27. The summed E-state index contributed by atoms with van der Waals surface area (Å²) in [5.41, 5.74) is -0.829. The van der Waals surface area contributed by atoms with Crippen LogP contribution in [0.25, 0.3) is 10.9 Å².